The van der Waals surface area contributed by atoms with E-state index < -0.39 is 0 Å². The van der Waals surface area contributed by atoms with Gasteiger partial charge in [-0.2, -0.15) is 0 Å². The fraction of sp³-hybridized carbons (Fsp3) is 0.533. The monoisotopic (exact) mass is 262 g/mol. The number of nitrogens with one attached hydrogen (secondary N) is 1. The molecule has 0 saturated carbocycles. The summed E-state index contributed by atoms with van der Waals surface area (Å²) in [4.78, 5) is 14.3. The molecule has 4 nitrogen and oxygen atoms in total. The number of benzene rings is 1. The Balaban J connectivity index is 2.09. The predicted octanol–water partition coefficient (Wildman–Crippen LogP) is 2.11. The van der Waals surface area contributed by atoms with Gasteiger partial charge in [0.1, 0.15) is 0 Å². The number of piperidine rings is 1. The minimum Gasteiger partial charge on any atom is -0.393 e. The molecule has 4 heteroatoms. The SMILES string of the molecule is CCCNc1ccccc1C(=O)N1CCC(O)CC1. The van der Waals surface area contributed by atoms with E-state index in [1.54, 1.807) is 0 Å². The maximum absolute atomic E-state index is 12.5. The van der Waals surface area contributed by atoms with Crippen molar-refractivity contribution in [1.82, 2.24) is 4.90 Å². The largest absolute Gasteiger partial charge is 0.393 e. The van der Waals surface area contributed by atoms with Crippen molar-refractivity contribution >= 4 is 11.6 Å². The van der Waals surface area contributed by atoms with Gasteiger partial charge in [-0.3, -0.25) is 4.79 Å². The molecule has 2 N–H and O–H groups in total. The summed E-state index contributed by atoms with van der Waals surface area (Å²) in [6.45, 7) is 4.25. The number of carbonyl (C=O) groups is 1. The highest BCUT2D eigenvalue weighted by Crippen LogP contribution is 2.20. The van der Waals surface area contributed by atoms with Crippen LogP contribution in [0, 0.1) is 0 Å². The topological polar surface area (TPSA) is 52.6 Å². The van der Waals surface area contributed by atoms with Gasteiger partial charge in [0.05, 0.1) is 11.7 Å². The molecule has 1 aromatic rings. The summed E-state index contributed by atoms with van der Waals surface area (Å²) < 4.78 is 0. The molecule has 2 rings (SSSR count). The summed E-state index contributed by atoms with van der Waals surface area (Å²) in [5.74, 6) is 0.0612. The lowest BCUT2D eigenvalue weighted by molar-refractivity contribution is 0.0547. The van der Waals surface area contributed by atoms with Gasteiger partial charge >= 0.3 is 0 Å². The zero-order valence-corrected chi connectivity index (χ0v) is 11.4. The van der Waals surface area contributed by atoms with Crippen molar-refractivity contribution in [1.29, 1.82) is 0 Å². The second-order valence-electron chi connectivity index (χ2n) is 5.00. The Bertz CT molecular complexity index is 426. The number of anilines is 1. The fourth-order valence-corrected chi connectivity index (χ4v) is 2.32. The van der Waals surface area contributed by atoms with Gasteiger partial charge in [-0.05, 0) is 31.4 Å². The third-order valence-electron chi connectivity index (χ3n) is 3.47. The minimum absolute atomic E-state index is 0.0612. The van der Waals surface area contributed by atoms with E-state index in [1.165, 1.54) is 0 Å². The van der Waals surface area contributed by atoms with Crippen molar-refractivity contribution in [3.63, 3.8) is 0 Å². The van der Waals surface area contributed by atoms with Crippen molar-refractivity contribution in [2.75, 3.05) is 25.0 Å². The third kappa shape index (κ3) is 3.47. The molecule has 0 spiro atoms. The average Bonchev–Trinajstić information content (AvgIpc) is 2.45. The summed E-state index contributed by atoms with van der Waals surface area (Å²) in [6, 6.07) is 7.64. The summed E-state index contributed by atoms with van der Waals surface area (Å²) in [7, 11) is 0. The van der Waals surface area contributed by atoms with Gasteiger partial charge in [-0.25, -0.2) is 0 Å². The smallest absolute Gasteiger partial charge is 0.255 e. The van der Waals surface area contributed by atoms with Crippen LogP contribution in [0.3, 0.4) is 0 Å². The summed E-state index contributed by atoms with van der Waals surface area (Å²) in [5.41, 5.74) is 1.63. The molecule has 1 aliphatic rings. The first-order valence-corrected chi connectivity index (χ1v) is 7.02. The molecule has 0 aliphatic carbocycles. The van der Waals surface area contributed by atoms with Gasteiger partial charge < -0.3 is 15.3 Å². The molecule has 1 amide bonds. The lowest BCUT2D eigenvalue weighted by atomic mass is 10.1. The van der Waals surface area contributed by atoms with Gasteiger partial charge in [-0.1, -0.05) is 19.1 Å². The molecular weight excluding hydrogens is 240 g/mol. The molecule has 19 heavy (non-hydrogen) atoms. The highest BCUT2D eigenvalue weighted by atomic mass is 16.3. The molecule has 1 fully saturated rings. The van der Waals surface area contributed by atoms with Gasteiger partial charge in [-0.15, -0.1) is 0 Å². The molecule has 0 radical (unpaired) electrons. The second kappa shape index (κ2) is 6.57. The molecular formula is C15H22N2O2. The molecule has 1 aromatic carbocycles. The van der Waals surface area contributed by atoms with Crippen LogP contribution in [-0.4, -0.2) is 41.7 Å². The number of rotatable bonds is 4. The first-order chi connectivity index (χ1) is 9.22. The van der Waals surface area contributed by atoms with Gasteiger partial charge in [0.25, 0.3) is 5.91 Å². The maximum atomic E-state index is 12.5. The van der Waals surface area contributed by atoms with E-state index in [4.69, 9.17) is 0 Å². The van der Waals surface area contributed by atoms with E-state index in [0.717, 1.165) is 24.2 Å². The van der Waals surface area contributed by atoms with Crippen LogP contribution in [0.5, 0.6) is 0 Å². The highest BCUT2D eigenvalue weighted by molar-refractivity contribution is 5.99. The fourth-order valence-electron chi connectivity index (χ4n) is 2.32. The molecule has 0 aromatic heterocycles. The Morgan fingerprint density at radius 3 is 2.74 bits per heavy atom. The summed E-state index contributed by atoms with van der Waals surface area (Å²) in [6.07, 6.45) is 2.13. The van der Waals surface area contributed by atoms with Crippen LogP contribution in [0.2, 0.25) is 0 Å². The molecule has 104 valence electrons. The van der Waals surface area contributed by atoms with Crippen LogP contribution in [0.25, 0.3) is 0 Å². The van der Waals surface area contributed by atoms with Crippen LogP contribution in [0.1, 0.15) is 36.5 Å². The van der Waals surface area contributed by atoms with Crippen molar-refractivity contribution < 1.29 is 9.90 Å². The van der Waals surface area contributed by atoms with Gasteiger partial charge in [0, 0.05) is 25.3 Å². The Morgan fingerprint density at radius 1 is 1.37 bits per heavy atom. The van der Waals surface area contributed by atoms with E-state index in [0.29, 0.717) is 25.9 Å². The molecule has 0 bridgehead atoms. The first kappa shape index (κ1) is 13.9. The zero-order valence-electron chi connectivity index (χ0n) is 11.4. The van der Waals surface area contributed by atoms with E-state index in [-0.39, 0.29) is 12.0 Å². The Kier molecular flexibility index (Phi) is 4.80. The Labute approximate surface area is 114 Å². The number of aliphatic hydroxyl groups excluding tert-OH is 1. The van der Waals surface area contributed by atoms with Crippen molar-refractivity contribution in [2.45, 2.75) is 32.3 Å². The summed E-state index contributed by atoms with van der Waals surface area (Å²) in [5, 5.41) is 12.8. The quantitative estimate of drug-likeness (QED) is 0.873. The highest BCUT2D eigenvalue weighted by Gasteiger charge is 2.23. The van der Waals surface area contributed by atoms with Crippen LogP contribution >= 0.6 is 0 Å². The normalized spacial score (nSPS) is 16.4. The van der Waals surface area contributed by atoms with Crippen LogP contribution in [-0.2, 0) is 0 Å². The molecule has 1 heterocycles. The number of para-hydroxylation sites is 1. The molecule has 1 saturated heterocycles. The molecule has 0 atom stereocenters. The number of hydrogen-bond acceptors (Lipinski definition) is 3. The van der Waals surface area contributed by atoms with Crippen molar-refractivity contribution in [3.8, 4) is 0 Å². The van der Waals surface area contributed by atoms with E-state index in [2.05, 4.69) is 12.2 Å². The Hall–Kier alpha value is -1.55. The zero-order chi connectivity index (χ0) is 13.7. The maximum Gasteiger partial charge on any atom is 0.255 e. The van der Waals surface area contributed by atoms with Crippen LogP contribution in [0.15, 0.2) is 24.3 Å². The lowest BCUT2D eigenvalue weighted by Gasteiger charge is -2.30. The van der Waals surface area contributed by atoms with E-state index in [1.807, 2.05) is 29.2 Å². The first-order valence-electron chi connectivity index (χ1n) is 7.02. The second-order valence-corrected chi connectivity index (χ2v) is 5.00. The van der Waals surface area contributed by atoms with Gasteiger partial charge in [0.2, 0.25) is 0 Å². The number of hydrogen-bond donors (Lipinski definition) is 2. The number of amides is 1. The number of carbonyl (C=O) groups excluding carboxylic acids is 1. The van der Waals surface area contributed by atoms with Crippen molar-refractivity contribution in [3.05, 3.63) is 29.8 Å². The third-order valence-corrected chi connectivity index (χ3v) is 3.47. The predicted molar refractivity (Wildman–Crippen MR) is 76.4 cm³/mol. The molecule has 1 aliphatic heterocycles. The minimum atomic E-state index is -0.252. The number of nitrogens with zero attached hydrogens (tertiary/aromatic N) is 1. The summed E-state index contributed by atoms with van der Waals surface area (Å²) >= 11 is 0. The van der Waals surface area contributed by atoms with E-state index in [9.17, 15) is 9.90 Å². The molecule has 0 unspecified atom stereocenters. The van der Waals surface area contributed by atoms with Crippen LogP contribution in [0.4, 0.5) is 5.69 Å². The number of likely N-dealkylation sites (tertiary alicyclic amines) is 1. The average molecular weight is 262 g/mol. The van der Waals surface area contributed by atoms with Gasteiger partial charge in [0.15, 0.2) is 0 Å². The Morgan fingerprint density at radius 2 is 2.05 bits per heavy atom. The van der Waals surface area contributed by atoms with Crippen LogP contribution < -0.4 is 5.32 Å². The standard InChI is InChI=1S/C15H22N2O2/c1-2-9-16-14-6-4-3-5-13(14)15(19)17-10-7-12(18)8-11-17/h3-6,12,16,18H,2,7-11H2,1H3. The van der Waals surface area contributed by atoms with Crippen molar-refractivity contribution in [2.24, 2.45) is 0 Å². The number of aliphatic hydroxyl groups is 1. The lowest BCUT2D eigenvalue weighted by Crippen LogP contribution is -2.40. The van der Waals surface area contributed by atoms with E-state index >= 15 is 0 Å².